The van der Waals surface area contributed by atoms with Crippen LogP contribution in [0, 0.1) is 5.92 Å². The van der Waals surface area contributed by atoms with Crippen molar-refractivity contribution in [2.45, 2.75) is 19.5 Å². The fourth-order valence-electron chi connectivity index (χ4n) is 4.27. The fourth-order valence-corrected chi connectivity index (χ4v) is 4.27. The summed E-state index contributed by atoms with van der Waals surface area (Å²) in [7, 11) is 4.78. The van der Waals surface area contributed by atoms with Gasteiger partial charge in [-0.05, 0) is 41.8 Å². The van der Waals surface area contributed by atoms with E-state index >= 15 is 0 Å². The number of rotatable bonds is 7. The lowest BCUT2D eigenvalue weighted by molar-refractivity contribution is -0.136. The van der Waals surface area contributed by atoms with Gasteiger partial charge >= 0.3 is 0 Å². The van der Waals surface area contributed by atoms with Crippen LogP contribution in [0.25, 0.3) is 11.1 Å². The van der Waals surface area contributed by atoms with Crippen LogP contribution in [-0.4, -0.2) is 39.0 Å². The number of ether oxygens (including phenoxy) is 2. The topological polar surface area (TPSA) is 97.0 Å². The van der Waals surface area contributed by atoms with Gasteiger partial charge in [-0.15, -0.1) is 0 Å². The molecule has 1 heterocycles. The van der Waals surface area contributed by atoms with Gasteiger partial charge in [-0.1, -0.05) is 42.5 Å². The molecule has 3 aromatic carbocycles. The lowest BCUT2D eigenvalue weighted by Crippen LogP contribution is -2.45. The van der Waals surface area contributed by atoms with Gasteiger partial charge in [0.1, 0.15) is 23.5 Å². The van der Waals surface area contributed by atoms with E-state index in [0.29, 0.717) is 17.1 Å². The van der Waals surface area contributed by atoms with E-state index in [1.807, 2.05) is 48.5 Å². The Labute approximate surface area is 210 Å². The van der Waals surface area contributed by atoms with Crippen molar-refractivity contribution in [3.8, 4) is 22.6 Å². The Morgan fingerprint density at radius 1 is 0.917 bits per heavy atom. The van der Waals surface area contributed by atoms with E-state index in [0.717, 1.165) is 22.4 Å². The second-order valence-electron chi connectivity index (χ2n) is 8.60. The van der Waals surface area contributed by atoms with Crippen LogP contribution in [0.5, 0.6) is 11.5 Å². The average molecular weight is 488 g/mol. The van der Waals surface area contributed by atoms with Crippen LogP contribution in [0.3, 0.4) is 0 Å². The number of para-hydroxylation sites is 1. The van der Waals surface area contributed by atoms with Crippen molar-refractivity contribution in [2.75, 3.05) is 26.2 Å². The maximum atomic E-state index is 13.4. The van der Waals surface area contributed by atoms with E-state index in [4.69, 9.17) is 9.47 Å². The first-order valence-corrected chi connectivity index (χ1v) is 11.6. The monoisotopic (exact) mass is 487 g/mol. The van der Waals surface area contributed by atoms with Crippen LogP contribution < -0.4 is 25.0 Å². The van der Waals surface area contributed by atoms with Gasteiger partial charge < -0.3 is 25.0 Å². The number of fused-ring (bicyclic) bond motifs is 3. The molecule has 0 bridgehead atoms. The number of likely N-dealkylation sites (N-methyl/N-ethyl adjacent to an activating group) is 1. The molecule has 3 aromatic rings. The third-order valence-electron chi connectivity index (χ3n) is 6.36. The molecule has 8 nitrogen and oxygen atoms in total. The molecule has 0 saturated heterocycles. The molecular formula is C28H29N3O5. The van der Waals surface area contributed by atoms with Crippen molar-refractivity contribution in [1.82, 2.24) is 10.6 Å². The Bertz CT molecular complexity index is 1280. The summed E-state index contributed by atoms with van der Waals surface area (Å²) >= 11 is 0. The molecule has 2 N–H and O–H groups in total. The summed E-state index contributed by atoms with van der Waals surface area (Å²) in [5.74, 6) is -1.10. The van der Waals surface area contributed by atoms with Crippen molar-refractivity contribution in [2.24, 2.45) is 5.92 Å². The molecule has 1 aliphatic rings. The van der Waals surface area contributed by atoms with Crippen LogP contribution in [0.15, 0.2) is 66.7 Å². The van der Waals surface area contributed by atoms with Crippen LogP contribution in [0.2, 0.25) is 0 Å². The number of carbonyl (C=O) groups is 3. The van der Waals surface area contributed by atoms with Crippen LogP contribution in [0.4, 0.5) is 5.69 Å². The van der Waals surface area contributed by atoms with Crippen molar-refractivity contribution >= 4 is 23.4 Å². The molecule has 2 atom stereocenters. The average Bonchev–Trinajstić information content (AvgIpc) is 3.00. The number of hydrogen-bond acceptors (Lipinski definition) is 5. The standard InChI is InChI=1S/C28H29N3O5/c1-17(26(32)29-16-18-13-19(35-3)15-20(14-18)36-4)27(33)30-25-23-11-6-5-9-21(23)22-10-7-8-12-24(22)31(2)28(25)34/h5-15,17,25H,16H2,1-4H3,(H,29,32)(H,30,33)/t17-,25-/m1/s1. The number of anilines is 1. The highest BCUT2D eigenvalue weighted by molar-refractivity contribution is 6.07. The van der Waals surface area contributed by atoms with Crippen LogP contribution in [-0.2, 0) is 20.9 Å². The summed E-state index contributed by atoms with van der Waals surface area (Å²) in [6, 6.07) is 19.5. The molecule has 1 aliphatic heterocycles. The Morgan fingerprint density at radius 3 is 2.19 bits per heavy atom. The largest absolute Gasteiger partial charge is 0.497 e. The summed E-state index contributed by atoms with van der Waals surface area (Å²) in [4.78, 5) is 40.9. The first-order valence-electron chi connectivity index (χ1n) is 11.6. The van der Waals surface area contributed by atoms with Gasteiger partial charge in [-0.2, -0.15) is 0 Å². The molecule has 0 aliphatic carbocycles. The van der Waals surface area contributed by atoms with Crippen molar-refractivity contribution < 1.29 is 23.9 Å². The molecule has 4 rings (SSSR count). The number of nitrogens with one attached hydrogen (secondary N) is 2. The minimum atomic E-state index is -1.02. The predicted octanol–water partition coefficient (Wildman–Crippen LogP) is 3.46. The predicted molar refractivity (Wildman–Crippen MR) is 137 cm³/mol. The van der Waals surface area contributed by atoms with Gasteiger partial charge in [-0.25, -0.2) is 0 Å². The molecule has 8 heteroatoms. The molecule has 3 amide bonds. The van der Waals surface area contributed by atoms with Gasteiger partial charge in [0.05, 0.1) is 19.9 Å². The maximum Gasteiger partial charge on any atom is 0.253 e. The summed E-state index contributed by atoms with van der Waals surface area (Å²) in [6.07, 6.45) is 0. The first kappa shape index (κ1) is 24.8. The molecule has 0 saturated carbocycles. The molecule has 36 heavy (non-hydrogen) atoms. The number of nitrogens with zero attached hydrogens (tertiary/aromatic N) is 1. The highest BCUT2D eigenvalue weighted by atomic mass is 16.5. The van der Waals surface area contributed by atoms with Crippen molar-refractivity contribution in [3.05, 3.63) is 77.9 Å². The normalized spacial score (nSPS) is 15.2. The van der Waals surface area contributed by atoms with E-state index in [1.165, 1.54) is 6.92 Å². The highest BCUT2D eigenvalue weighted by Gasteiger charge is 2.35. The SMILES string of the molecule is COc1cc(CNC(=O)[C@@H](C)C(=O)N[C@H]2C(=O)N(C)c3ccccc3-c3ccccc32)cc(OC)c1. The lowest BCUT2D eigenvalue weighted by atomic mass is 9.95. The number of benzene rings is 3. The van der Waals surface area contributed by atoms with E-state index in [-0.39, 0.29) is 12.5 Å². The van der Waals surface area contributed by atoms with E-state index < -0.39 is 23.8 Å². The van der Waals surface area contributed by atoms with Crippen molar-refractivity contribution in [1.29, 1.82) is 0 Å². The minimum absolute atomic E-state index is 0.188. The molecular weight excluding hydrogens is 458 g/mol. The number of hydrogen-bond donors (Lipinski definition) is 2. The zero-order valence-corrected chi connectivity index (χ0v) is 20.7. The summed E-state index contributed by atoms with van der Waals surface area (Å²) < 4.78 is 10.5. The number of amides is 3. The van der Waals surface area contributed by atoms with Gasteiger partial charge in [0.15, 0.2) is 0 Å². The number of carbonyl (C=O) groups excluding carboxylic acids is 3. The smallest absolute Gasteiger partial charge is 0.253 e. The molecule has 0 unspecified atom stereocenters. The van der Waals surface area contributed by atoms with Crippen molar-refractivity contribution in [3.63, 3.8) is 0 Å². The third-order valence-corrected chi connectivity index (χ3v) is 6.36. The third kappa shape index (κ3) is 4.88. The molecule has 0 radical (unpaired) electrons. The first-order chi connectivity index (χ1) is 17.3. The van der Waals surface area contributed by atoms with E-state index in [1.54, 1.807) is 44.4 Å². The zero-order valence-electron chi connectivity index (χ0n) is 20.7. The number of methoxy groups -OCH3 is 2. The van der Waals surface area contributed by atoms with Gasteiger partial charge in [-0.3, -0.25) is 14.4 Å². The summed E-state index contributed by atoms with van der Waals surface area (Å²) in [5.41, 5.74) is 3.97. The summed E-state index contributed by atoms with van der Waals surface area (Å²) in [6.45, 7) is 1.70. The minimum Gasteiger partial charge on any atom is -0.497 e. The van der Waals surface area contributed by atoms with Gasteiger partial charge in [0.25, 0.3) is 5.91 Å². The maximum absolute atomic E-state index is 13.4. The zero-order chi connectivity index (χ0) is 25.8. The highest BCUT2D eigenvalue weighted by Crippen LogP contribution is 2.39. The molecule has 0 aromatic heterocycles. The summed E-state index contributed by atoms with van der Waals surface area (Å²) in [5, 5.41) is 5.59. The van der Waals surface area contributed by atoms with Crippen LogP contribution >= 0.6 is 0 Å². The van der Waals surface area contributed by atoms with E-state index in [9.17, 15) is 14.4 Å². The Morgan fingerprint density at radius 2 is 1.53 bits per heavy atom. The second-order valence-corrected chi connectivity index (χ2v) is 8.60. The molecule has 186 valence electrons. The quantitative estimate of drug-likeness (QED) is 0.498. The van der Waals surface area contributed by atoms with Crippen LogP contribution in [0.1, 0.15) is 24.1 Å². The lowest BCUT2D eigenvalue weighted by Gasteiger charge is -2.24. The Balaban J connectivity index is 1.50. The van der Waals surface area contributed by atoms with Gasteiger partial charge in [0.2, 0.25) is 11.8 Å². The van der Waals surface area contributed by atoms with E-state index in [2.05, 4.69) is 10.6 Å². The Hall–Kier alpha value is -4.33. The molecule has 0 spiro atoms. The molecule has 0 fully saturated rings. The van der Waals surface area contributed by atoms with Gasteiger partial charge in [0, 0.05) is 25.2 Å². The second kappa shape index (κ2) is 10.5. The Kier molecular flexibility index (Phi) is 7.24. The fraction of sp³-hybridized carbons (Fsp3) is 0.250.